The van der Waals surface area contributed by atoms with E-state index in [4.69, 9.17) is 0 Å². The molecular formula is C16H33N3O. The van der Waals surface area contributed by atoms with E-state index in [1.54, 1.807) is 0 Å². The Bertz CT molecular complexity index is 301. The van der Waals surface area contributed by atoms with E-state index in [1.807, 2.05) is 27.7 Å². The van der Waals surface area contributed by atoms with Crippen molar-refractivity contribution in [1.82, 2.24) is 15.5 Å². The van der Waals surface area contributed by atoms with E-state index in [2.05, 4.69) is 29.4 Å². The van der Waals surface area contributed by atoms with Crippen molar-refractivity contribution in [2.24, 2.45) is 5.92 Å². The molecule has 1 heterocycles. The Morgan fingerprint density at radius 2 is 1.75 bits per heavy atom. The summed E-state index contributed by atoms with van der Waals surface area (Å²) in [6.45, 7) is 15.7. The predicted octanol–water partition coefficient (Wildman–Crippen LogP) is 2.00. The largest absolute Gasteiger partial charge is 0.350 e. The summed E-state index contributed by atoms with van der Waals surface area (Å²) in [5.74, 6) is 0.905. The van der Waals surface area contributed by atoms with E-state index in [1.165, 1.54) is 12.8 Å². The van der Waals surface area contributed by atoms with Crippen LogP contribution in [0.5, 0.6) is 0 Å². The summed E-state index contributed by atoms with van der Waals surface area (Å²) in [5, 5.41) is 6.59. The molecule has 4 heteroatoms. The smallest absolute Gasteiger partial charge is 0.237 e. The highest BCUT2D eigenvalue weighted by atomic mass is 16.2. The Balaban J connectivity index is 2.35. The zero-order chi connectivity index (χ0) is 15.3. The van der Waals surface area contributed by atoms with Crippen LogP contribution in [0.3, 0.4) is 0 Å². The molecule has 1 amide bonds. The number of hydrogen-bond acceptors (Lipinski definition) is 3. The van der Waals surface area contributed by atoms with Crippen molar-refractivity contribution >= 4 is 5.91 Å². The highest BCUT2D eigenvalue weighted by Crippen LogP contribution is 2.19. The molecule has 2 N–H and O–H groups in total. The first kappa shape index (κ1) is 17.4. The van der Waals surface area contributed by atoms with Crippen LogP contribution < -0.4 is 10.6 Å². The second-order valence-electron chi connectivity index (χ2n) is 7.46. The van der Waals surface area contributed by atoms with Gasteiger partial charge in [-0.1, -0.05) is 13.8 Å². The van der Waals surface area contributed by atoms with Crippen LogP contribution in [-0.2, 0) is 4.79 Å². The van der Waals surface area contributed by atoms with Gasteiger partial charge in [0.25, 0.3) is 0 Å². The van der Waals surface area contributed by atoms with Crippen LogP contribution in [0.1, 0.15) is 54.4 Å². The fraction of sp³-hybridized carbons (Fsp3) is 0.938. The summed E-state index contributed by atoms with van der Waals surface area (Å²) in [6.07, 6.45) is 2.37. The molecule has 0 saturated carbocycles. The van der Waals surface area contributed by atoms with Crippen molar-refractivity contribution in [2.75, 3.05) is 19.6 Å². The number of carbonyl (C=O) groups excluding carboxylic acids is 1. The average molecular weight is 283 g/mol. The summed E-state index contributed by atoms with van der Waals surface area (Å²) >= 11 is 0. The molecule has 0 aromatic heterocycles. The number of piperidine rings is 1. The third kappa shape index (κ3) is 6.23. The van der Waals surface area contributed by atoms with Crippen LogP contribution in [0.2, 0.25) is 0 Å². The summed E-state index contributed by atoms with van der Waals surface area (Å²) in [6, 6.07) is 0.540. The van der Waals surface area contributed by atoms with Crippen molar-refractivity contribution < 1.29 is 4.79 Å². The van der Waals surface area contributed by atoms with Gasteiger partial charge in [0.1, 0.15) is 0 Å². The van der Waals surface area contributed by atoms with E-state index in [9.17, 15) is 4.79 Å². The molecule has 20 heavy (non-hydrogen) atoms. The first-order chi connectivity index (χ1) is 9.19. The van der Waals surface area contributed by atoms with Gasteiger partial charge in [0, 0.05) is 11.6 Å². The minimum atomic E-state index is -0.148. The van der Waals surface area contributed by atoms with Gasteiger partial charge in [-0.15, -0.1) is 0 Å². The average Bonchev–Trinajstić information content (AvgIpc) is 2.34. The van der Waals surface area contributed by atoms with Crippen molar-refractivity contribution in [3.8, 4) is 0 Å². The molecule has 0 radical (unpaired) electrons. The van der Waals surface area contributed by atoms with E-state index in [-0.39, 0.29) is 17.5 Å². The lowest BCUT2D eigenvalue weighted by Gasteiger charge is -2.36. The molecule has 1 atom stereocenters. The van der Waals surface area contributed by atoms with E-state index in [0.29, 0.717) is 6.04 Å². The van der Waals surface area contributed by atoms with E-state index >= 15 is 0 Å². The van der Waals surface area contributed by atoms with Crippen molar-refractivity contribution in [1.29, 1.82) is 0 Å². The summed E-state index contributed by atoms with van der Waals surface area (Å²) in [7, 11) is 0. The van der Waals surface area contributed by atoms with Crippen LogP contribution in [0, 0.1) is 5.92 Å². The summed E-state index contributed by atoms with van der Waals surface area (Å²) < 4.78 is 0. The minimum absolute atomic E-state index is 0.0202. The molecule has 4 nitrogen and oxygen atoms in total. The van der Waals surface area contributed by atoms with Gasteiger partial charge in [0.15, 0.2) is 0 Å². The molecule has 1 unspecified atom stereocenters. The predicted molar refractivity (Wildman–Crippen MR) is 84.8 cm³/mol. The first-order valence-corrected chi connectivity index (χ1v) is 7.98. The Labute approximate surface area is 124 Å². The normalized spacial score (nSPS) is 20.1. The molecule has 1 saturated heterocycles. The number of nitrogens with zero attached hydrogens (tertiary/aromatic N) is 1. The first-order valence-electron chi connectivity index (χ1n) is 7.98. The second-order valence-corrected chi connectivity index (χ2v) is 7.46. The Morgan fingerprint density at radius 1 is 1.20 bits per heavy atom. The highest BCUT2D eigenvalue weighted by Gasteiger charge is 2.28. The van der Waals surface area contributed by atoms with Crippen LogP contribution >= 0.6 is 0 Å². The van der Waals surface area contributed by atoms with Gasteiger partial charge in [-0.3, -0.25) is 9.69 Å². The van der Waals surface area contributed by atoms with Crippen LogP contribution in [-0.4, -0.2) is 48.1 Å². The molecule has 1 fully saturated rings. The molecular weight excluding hydrogens is 250 g/mol. The number of likely N-dealkylation sites (tertiary alicyclic amines) is 1. The number of amides is 1. The van der Waals surface area contributed by atoms with Gasteiger partial charge < -0.3 is 10.6 Å². The molecule has 118 valence electrons. The number of nitrogens with one attached hydrogen (secondary N) is 2. The Kier molecular flexibility index (Phi) is 6.46. The van der Waals surface area contributed by atoms with E-state index in [0.717, 1.165) is 25.6 Å². The van der Waals surface area contributed by atoms with Crippen molar-refractivity contribution in [2.45, 2.75) is 72.0 Å². The third-order valence-electron chi connectivity index (χ3n) is 3.89. The van der Waals surface area contributed by atoms with E-state index < -0.39 is 0 Å². The maximum absolute atomic E-state index is 12.2. The minimum Gasteiger partial charge on any atom is -0.350 e. The van der Waals surface area contributed by atoms with Gasteiger partial charge >= 0.3 is 0 Å². The number of hydrogen-bond donors (Lipinski definition) is 2. The molecule has 1 aliphatic rings. The number of rotatable bonds is 5. The van der Waals surface area contributed by atoms with Gasteiger partial charge in [0.05, 0.1) is 6.04 Å². The van der Waals surface area contributed by atoms with Gasteiger partial charge in [-0.05, 0) is 66.1 Å². The van der Waals surface area contributed by atoms with Gasteiger partial charge in [-0.25, -0.2) is 0 Å². The molecule has 0 aromatic carbocycles. The van der Waals surface area contributed by atoms with Crippen LogP contribution in [0.4, 0.5) is 0 Å². The zero-order valence-corrected chi connectivity index (χ0v) is 14.1. The van der Waals surface area contributed by atoms with Crippen molar-refractivity contribution in [3.05, 3.63) is 0 Å². The molecule has 1 rings (SSSR count). The second kappa shape index (κ2) is 7.41. The van der Waals surface area contributed by atoms with Gasteiger partial charge in [0.2, 0.25) is 5.91 Å². The topological polar surface area (TPSA) is 44.4 Å². The summed E-state index contributed by atoms with van der Waals surface area (Å²) in [4.78, 5) is 14.5. The fourth-order valence-corrected chi connectivity index (χ4v) is 2.59. The maximum Gasteiger partial charge on any atom is 0.237 e. The molecule has 1 aliphatic heterocycles. The lowest BCUT2D eigenvalue weighted by atomic mass is 9.95. The Morgan fingerprint density at radius 3 is 2.20 bits per heavy atom. The highest BCUT2D eigenvalue weighted by molar-refractivity contribution is 5.81. The third-order valence-corrected chi connectivity index (χ3v) is 3.89. The maximum atomic E-state index is 12.2. The van der Waals surface area contributed by atoms with Crippen molar-refractivity contribution in [3.63, 3.8) is 0 Å². The molecule has 0 aromatic rings. The summed E-state index contributed by atoms with van der Waals surface area (Å²) in [5.41, 5.74) is -0.148. The lowest BCUT2D eigenvalue weighted by Crippen LogP contribution is -2.53. The lowest BCUT2D eigenvalue weighted by molar-refractivity contribution is -0.127. The van der Waals surface area contributed by atoms with Crippen LogP contribution in [0.15, 0.2) is 0 Å². The standard InChI is InChI=1S/C16H33N3O/c1-12(2)17-11-14-7-9-19(10-8-14)13(3)15(20)18-16(4,5)6/h12-14,17H,7-11H2,1-6H3,(H,18,20). The number of carbonyl (C=O) groups is 1. The van der Waals surface area contributed by atoms with Crippen LogP contribution in [0.25, 0.3) is 0 Å². The zero-order valence-electron chi connectivity index (χ0n) is 14.1. The SMILES string of the molecule is CC(C)NCC1CCN(C(C)C(=O)NC(C)(C)C)CC1. The fourth-order valence-electron chi connectivity index (χ4n) is 2.59. The monoisotopic (exact) mass is 283 g/mol. The molecule has 0 spiro atoms. The van der Waals surface area contributed by atoms with Gasteiger partial charge in [-0.2, -0.15) is 0 Å². The molecule has 0 bridgehead atoms. The quantitative estimate of drug-likeness (QED) is 0.811. The Hall–Kier alpha value is -0.610. The molecule has 0 aliphatic carbocycles.